The highest BCUT2D eigenvalue weighted by Crippen LogP contribution is 2.31. The summed E-state index contributed by atoms with van der Waals surface area (Å²) in [6.07, 6.45) is 1.16. The predicted octanol–water partition coefficient (Wildman–Crippen LogP) is 5.23. The average molecular weight is 503 g/mol. The van der Waals surface area contributed by atoms with Gasteiger partial charge in [-0.05, 0) is 61.2 Å². The van der Waals surface area contributed by atoms with Crippen molar-refractivity contribution >= 4 is 17.5 Å². The molecular weight excluding hydrogens is 460 g/mol. The van der Waals surface area contributed by atoms with Crippen LogP contribution in [0.1, 0.15) is 56.2 Å². The van der Waals surface area contributed by atoms with E-state index in [-0.39, 0.29) is 20.7 Å². The summed E-state index contributed by atoms with van der Waals surface area (Å²) in [4.78, 5) is 29.8. The Balaban J connectivity index is 0.00000267. The molecule has 0 unspecified atom stereocenters. The molecule has 1 saturated heterocycles. The third kappa shape index (κ3) is 7.06. The summed E-state index contributed by atoms with van der Waals surface area (Å²) in [6, 6.07) is 26.3. The van der Waals surface area contributed by atoms with Crippen LogP contribution in [0.5, 0.6) is 0 Å². The van der Waals surface area contributed by atoms with E-state index in [9.17, 15) is 9.59 Å². The maximum atomic E-state index is 12.8. The van der Waals surface area contributed by atoms with Crippen molar-refractivity contribution in [2.24, 2.45) is 0 Å². The van der Waals surface area contributed by atoms with Gasteiger partial charge < -0.3 is 15.5 Å². The van der Waals surface area contributed by atoms with Crippen LogP contribution in [0.25, 0.3) is 0 Å². The van der Waals surface area contributed by atoms with Gasteiger partial charge in [0.25, 0.3) is 5.91 Å². The molecule has 0 saturated carbocycles. The molecule has 37 heavy (non-hydrogen) atoms. The molecular formula is C31H42N4O2. The second-order valence-corrected chi connectivity index (χ2v) is 9.45. The second kappa shape index (κ2) is 13.2. The molecule has 0 spiro atoms. The molecule has 1 heterocycles. The molecule has 0 radical (unpaired) electrons. The number of rotatable bonds is 10. The van der Waals surface area contributed by atoms with Gasteiger partial charge in [-0.1, -0.05) is 54.6 Å². The summed E-state index contributed by atoms with van der Waals surface area (Å²) in [7, 11) is 0. The molecule has 2 amide bonds. The monoisotopic (exact) mass is 502 g/mol. The first kappa shape index (κ1) is 26.6. The Labute approximate surface area is 223 Å². The third-order valence-corrected chi connectivity index (χ3v) is 7.01. The Morgan fingerprint density at radius 2 is 1.62 bits per heavy atom. The number of anilines is 1. The van der Waals surface area contributed by atoms with Gasteiger partial charge in [-0.15, -0.1) is 0 Å². The minimum atomic E-state index is 0. The summed E-state index contributed by atoms with van der Waals surface area (Å²) in [5.74, 6) is 0.0782. The quantitative estimate of drug-likeness (QED) is 0.399. The van der Waals surface area contributed by atoms with E-state index in [0.717, 1.165) is 48.6 Å². The van der Waals surface area contributed by atoms with Crippen molar-refractivity contribution in [2.75, 3.05) is 44.6 Å². The molecule has 4 rings (SSSR count). The Hall–Kier alpha value is -3.48. The lowest BCUT2D eigenvalue weighted by Gasteiger charge is -2.36. The van der Waals surface area contributed by atoms with Gasteiger partial charge in [0.05, 0.1) is 6.04 Å². The van der Waals surface area contributed by atoms with Crippen molar-refractivity contribution in [1.82, 2.24) is 15.1 Å². The number of hydrogen-bond acceptors (Lipinski definition) is 4. The SMILES string of the molecule is CCN(CC)C(=O)c1ccc([C@H](c2cccc(NC(=O)CCc3ccccc3)c2)N2CCNCC2)cc1.[HH].[HH]. The van der Waals surface area contributed by atoms with Gasteiger partial charge in [0.15, 0.2) is 0 Å². The standard InChI is InChI=1S/C31H38N4O2.2H2/c1-3-34(4-2)31(37)26-16-14-25(15-17-26)30(35-21-19-32-20-22-35)27-11-8-12-28(23-27)33-29(36)18-13-24-9-6-5-7-10-24;;/h5-12,14-17,23,30,32H,3-4,13,18-22H2,1-2H3,(H,33,36);2*1H/t30-;;/m1../s1. The molecule has 1 aliphatic heterocycles. The number of piperazine rings is 1. The first-order chi connectivity index (χ1) is 18.1. The molecule has 1 fully saturated rings. The minimum absolute atomic E-state index is 0. The Morgan fingerprint density at radius 1 is 0.919 bits per heavy atom. The third-order valence-electron chi connectivity index (χ3n) is 7.01. The first-order valence-electron chi connectivity index (χ1n) is 13.4. The number of aryl methyl sites for hydroxylation is 1. The lowest BCUT2D eigenvalue weighted by Crippen LogP contribution is -2.45. The fourth-order valence-corrected chi connectivity index (χ4v) is 4.97. The van der Waals surface area contributed by atoms with Crippen LogP contribution in [0.2, 0.25) is 0 Å². The average Bonchev–Trinajstić information content (AvgIpc) is 2.94. The fourth-order valence-electron chi connectivity index (χ4n) is 4.97. The van der Waals surface area contributed by atoms with Crippen molar-refractivity contribution in [1.29, 1.82) is 0 Å². The van der Waals surface area contributed by atoms with E-state index in [1.54, 1.807) is 0 Å². The molecule has 0 aliphatic carbocycles. The minimum Gasteiger partial charge on any atom is -0.339 e. The Morgan fingerprint density at radius 3 is 2.30 bits per heavy atom. The highest BCUT2D eigenvalue weighted by Gasteiger charge is 2.25. The number of nitrogens with zero attached hydrogens (tertiary/aromatic N) is 2. The van der Waals surface area contributed by atoms with Crippen LogP contribution in [-0.4, -0.2) is 60.9 Å². The van der Waals surface area contributed by atoms with Gasteiger partial charge in [-0.3, -0.25) is 14.5 Å². The first-order valence-corrected chi connectivity index (χ1v) is 13.4. The van der Waals surface area contributed by atoms with Gasteiger partial charge in [0.2, 0.25) is 5.91 Å². The highest BCUT2D eigenvalue weighted by atomic mass is 16.2. The smallest absolute Gasteiger partial charge is 0.253 e. The number of carbonyl (C=O) groups is 2. The molecule has 2 N–H and O–H groups in total. The van der Waals surface area contributed by atoms with Crippen molar-refractivity contribution in [3.63, 3.8) is 0 Å². The van der Waals surface area contributed by atoms with Gasteiger partial charge in [0.1, 0.15) is 0 Å². The van der Waals surface area contributed by atoms with E-state index in [1.807, 2.05) is 73.3 Å². The van der Waals surface area contributed by atoms with Crippen LogP contribution in [-0.2, 0) is 11.2 Å². The lowest BCUT2D eigenvalue weighted by atomic mass is 9.95. The predicted molar refractivity (Wildman–Crippen MR) is 154 cm³/mol. The van der Waals surface area contributed by atoms with Crippen molar-refractivity contribution in [3.8, 4) is 0 Å². The molecule has 198 valence electrons. The van der Waals surface area contributed by atoms with Gasteiger partial charge in [-0.25, -0.2) is 0 Å². The summed E-state index contributed by atoms with van der Waals surface area (Å²) < 4.78 is 0. The van der Waals surface area contributed by atoms with Crippen molar-refractivity contribution < 1.29 is 12.4 Å². The van der Waals surface area contributed by atoms with Gasteiger partial charge >= 0.3 is 0 Å². The summed E-state index contributed by atoms with van der Waals surface area (Å²) in [5.41, 5.74) is 4.96. The molecule has 6 heteroatoms. The molecule has 0 aromatic heterocycles. The van der Waals surface area contributed by atoms with E-state index < -0.39 is 0 Å². The number of benzene rings is 3. The maximum absolute atomic E-state index is 12.8. The molecule has 1 aliphatic rings. The zero-order chi connectivity index (χ0) is 26.0. The summed E-state index contributed by atoms with van der Waals surface area (Å²) in [5, 5.41) is 6.53. The van der Waals surface area contributed by atoms with Crippen LogP contribution >= 0.6 is 0 Å². The van der Waals surface area contributed by atoms with Crippen molar-refractivity contribution in [2.45, 2.75) is 32.7 Å². The molecule has 6 nitrogen and oxygen atoms in total. The van der Waals surface area contributed by atoms with E-state index >= 15 is 0 Å². The number of amides is 2. The normalized spacial score (nSPS) is 14.6. The van der Waals surface area contributed by atoms with E-state index in [0.29, 0.717) is 31.5 Å². The second-order valence-electron chi connectivity index (χ2n) is 9.45. The van der Waals surface area contributed by atoms with Crippen LogP contribution in [0.4, 0.5) is 5.69 Å². The van der Waals surface area contributed by atoms with Crippen LogP contribution < -0.4 is 10.6 Å². The van der Waals surface area contributed by atoms with E-state index in [2.05, 4.69) is 39.8 Å². The molecule has 3 aromatic carbocycles. The topological polar surface area (TPSA) is 64.7 Å². The maximum Gasteiger partial charge on any atom is 0.253 e. The van der Waals surface area contributed by atoms with Gasteiger partial charge in [-0.2, -0.15) is 0 Å². The fraction of sp³-hybridized carbons (Fsp3) is 0.355. The largest absolute Gasteiger partial charge is 0.339 e. The Kier molecular flexibility index (Phi) is 9.46. The van der Waals surface area contributed by atoms with Crippen molar-refractivity contribution in [3.05, 3.63) is 101 Å². The number of nitrogens with one attached hydrogen (secondary N) is 2. The Bertz CT molecular complexity index is 1160. The number of hydrogen-bond donors (Lipinski definition) is 2. The zero-order valence-electron chi connectivity index (χ0n) is 22.0. The van der Waals surface area contributed by atoms with E-state index in [1.165, 1.54) is 0 Å². The highest BCUT2D eigenvalue weighted by molar-refractivity contribution is 5.94. The number of carbonyl (C=O) groups excluding carboxylic acids is 2. The van der Waals surface area contributed by atoms with Crippen LogP contribution in [0.3, 0.4) is 0 Å². The lowest BCUT2D eigenvalue weighted by molar-refractivity contribution is -0.116. The molecule has 1 atom stereocenters. The van der Waals surface area contributed by atoms with Crippen LogP contribution in [0, 0.1) is 0 Å². The summed E-state index contributed by atoms with van der Waals surface area (Å²) in [6.45, 7) is 9.13. The van der Waals surface area contributed by atoms with E-state index in [4.69, 9.17) is 0 Å². The zero-order valence-corrected chi connectivity index (χ0v) is 22.0. The molecule has 3 aromatic rings. The molecule has 0 bridgehead atoms. The van der Waals surface area contributed by atoms with Gasteiger partial charge in [0, 0.05) is 59.8 Å². The van der Waals surface area contributed by atoms with Crippen LogP contribution in [0.15, 0.2) is 78.9 Å². The summed E-state index contributed by atoms with van der Waals surface area (Å²) >= 11 is 0.